The first-order valence-electron chi connectivity index (χ1n) is 9.40. The van der Waals surface area contributed by atoms with E-state index in [0.29, 0.717) is 15.9 Å². The number of fused-ring (bicyclic) bond motifs is 1. The van der Waals surface area contributed by atoms with Gasteiger partial charge < -0.3 is 14.4 Å². The first-order valence-corrected chi connectivity index (χ1v) is 10.6. The number of thiazole rings is 1. The van der Waals surface area contributed by atoms with Crippen LogP contribution in [0.1, 0.15) is 13.8 Å². The van der Waals surface area contributed by atoms with Gasteiger partial charge in [-0.05, 0) is 56.3 Å². The average Bonchev–Trinajstić information content (AvgIpc) is 3.11. The highest BCUT2D eigenvalue weighted by Crippen LogP contribution is 2.31. The number of ether oxygens (including phenoxy) is 2. The highest BCUT2D eigenvalue weighted by Gasteiger charge is 2.31. The number of nitrogens with one attached hydrogen (secondary N) is 1. The second-order valence-corrected chi connectivity index (χ2v) is 8.76. The summed E-state index contributed by atoms with van der Waals surface area (Å²) in [6.07, 6.45) is 0. The molecule has 6 nitrogen and oxygen atoms in total. The van der Waals surface area contributed by atoms with Crippen molar-refractivity contribution in [1.29, 1.82) is 0 Å². The lowest BCUT2D eigenvalue weighted by Gasteiger charge is -2.28. The summed E-state index contributed by atoms with van der Waals surface area (Å²) in [6.45, 7) is 6.69. The van der Waals surface area contributed by atoms with E-state index in [0.717, 1.165) is 42.2 Å². The number of carbonyl (C=O) groups excluding carboxylic acids is 1. The largest absolute Gasteiger partial charge is 0.478 e. The molecular formula is C21H22ClN3O3S. The molecule has 1 N–H and O–H groups in total. The summed E-state index contributed by atoms with van der Waals surface area (Å²) in [7, 11) is 0. The lowest BCUT2D eigenvalue weighted by atomic mass is 10.1. The number of rotatable bonds is 5. The molecule has 152 valence electrons. The number of hydrogen-bond acceptors (Lipinski definition) is 6. The maximum atomic E-state index is 12.8. The van der Waals surface area contributed by atoms with Crippen LogP contribution >= 0.6 is 22.9 Å². The van der Waals surface area contributed by atoms with Crippen molar-refractivity contribution in [2.75, 3.05) is 36.5 Å². The zero-order valence-corrected chi connectivity index (χ0v) is 17.8. The van der Waals surface area contributed by atoms with Gasteiger partial charge in [0.1, 0.15) is 5.75 Å². The van der Waals surface area contributed by atoms with Crippen molar-refractivity contribution in [1.82, 2.24) is 4.98 Å². The van der Waals surface area contributed by atoms with E-state index in [9.17, 15) is 4.79 Å². The van der Waals surface area contributed by atoms with Gasteiger partial charge in [0.25, 0.3) is 5.91 Å². The van der Waals surface area contributed by atoms with E-state index < -0.39 is 5.60 Å². The second-order valence-electron chi connectivity index (χ2n) is 7.29. The minimum absolute atomic E-state index is 0.264. The summed E-state index contributed by atoms with van der Waals surface area (Å²) in [6, 6.07) is 13.1. The summed E-state index contributed by atoms with van der Waals surface area (Å²) in [4.78, 5) is 19.6. The Hall–Kier alpha value is -2.35. The van der Waals surface area contributed by atoms with Crippen molar-refractivity contribution < 1.29 is 14.3 Å². The van der Waals surface area contributed by atoms with E-state index in [4.69, 9.17) is 21.1 Å². The molecule has 2 heterocycles. The number of benzene rings is 2. The molecule has 0 atom stereocenters. The molecule has 29 heavy (non-hydrogen) atoms. The van der Waals surface area contributed by atoms with Gasteiger partial charge in [0.15, 0.2) is 10.7 Å². The van der Waals surface area contributed by atoms with Crippen LogP contribution < -0.4 is 15.0 Å². The van der Waals surface area contributed by atoms with E-state index in [1.54, 1.807) is 38.1 Å². The smallest absolute Gasteiger partial charge is 0.269 e. The third kappa shape index (κ3) is 4.63. The van der Waals surface area contributed by atoms with Crippen molar-refractivity contribution in [3.8, 4) is 5.75 Å². The standard InChI is InChI=1S/C21H22ClN3O3S/c1-21(2,28-16-6-3-14(22)4-7-16)19(26)24-20-23-17-8-5-15(13-18(17)29-20)25-9-11-27-12-10-25/h3-8,13H,9-12H2,1-2H3,(H,23,24,26). The molecule has 8 heteroatoms. The summed E-state index contributed by atoms with van der Waals surface area (Å²) >= 11 is 7.36. The van der Waals surface area contributed by atoms with E-state index in [2.05, 4.69) is 27.3 Å². The number of amides is 1. The van der Waals surface area contributed by atoms with Crippen molar-refractivity contribution >= 4 is 49.9 Å². The Morgan fingerprint density at radius 2 is 1.93 bits per heavy atom. The number of aromatic nitrogens is 1. The lowest BCUT2D eigenvalue weighted by Crippen LogP contribution is -2.42. The Labute approximate surface area is 178 Å². The fraction of sp³-hybridized carbons (Fsp3) is 0.333. The summed E-state index contributed by atoms with van der Waals surface area (Å²) in [5.41, 5.74) is 0.942. The van der Waals surface area contributed by atoms with Crippen molar-refractivity contribution in [3.05, 3.63) is 47.5 Å². The monoisotopic (exact) mass is 431 g/mol. The minimum atomic E-state index is -1.06. The van der Waals surface area contributed by atoms with Gasteiger partial charge in [0, 0.05) is 23.8 Å². The molecule has 1 saturated heterocycles. The Morgan fingerprint density at radius 3 is 2.66 bits per heavy atom. The lowest BCUT2D eigenvalue weighted by molar-refractivity contribution is -0.128. The van der Waals surface area contributed by atoms with Crippen LogP contribution in [0.25, 0.3) is 10.2 Å². The van der Waals surface area contributed by atoms with Crippen LogP contribution in [0, 0.1) is 0 Å². The molecular weight excluding hydrogens is 410 g/mol. The molecule has 0 bridgehead atoms. The molecule has 1 aliphatic heterocycles. The van der Waals surface area contributed by atoms with Gasteiger partial charge in [0.05, 0.1) is 23.4 Å². The average molecular weight is 432 g/mol. The molecule has 2 aromatic carbocycles. The Morgan fingerprint density at radius 1 is 1.21 bits per heavy atom. The molecule has 0 radical (unpaired) electrons. The number of carbonyl (C=O) groups is 1. The molecule has 4 rings (SSSR count). The minimum Gasteiger partial charge on any atom is -0.478 e. The summed E-state index contributed by atoms with van der Waals surface area (Å²) < 4.78 is 12.3. The molecule has 1 fully saturated rings. The van der Waals surface area contributed by atoms with E-state index in [1.165, 1.54) is 11.3 Å². The molecule has 0 unspecified atom stereocenters. The first-order chi connectivity index (χ1) is 13.9. The fourth-order valence-corrected chi connectivity index (χ4v) is 4.10. The first kappa shape index (κ1) is 19.9. The molecule has 0 aliphatic carbocycles. The molecule has 1 aromatic heterocycles. The Bertz CT molecular complexity index is 1010. The molecule has 1 aliphatic rings. The second kappa shape index (κ2) is 8.18. The third-order valence-electron chi connectivity index (χ3n) is 4.70. The molecule has 1 amide bonds. The maximum absolute atomic E-state index is 12.8. The maximum Gasteiger partial charge on any atom is 0.269 e. The van der Waals surface area contributed by atoms with Crippen molar-refractivity contribution in [3.63, 3.8) is 0 Å². The van der Waals surface area contributed by atoms with E-state index >= 15 is 0 Å². The van der Waals surface area contributed by atoms with Gasteiger partial charge in [-0.1, -0.05) is 22.9 Å². The van der Waals surface area contributed by atoms with Crippen LogP contribution in [0.4, 0.5) is 10.8 Å². The van der Waals surface area contributed by atoms with Crippen LogP contribution in [-0.4, -0.2) is 42.8 Å². The van der Waals surface area contributed by atoms with Crippen LogP contribution in [0.15, 0.2) is 42.5 Å². The quantitative estimate of drug-likeness (QED) is 0.640. The number of halogens is 1. The van der Waals surface area contributed by atoms with Crippen molar-refractivity contribution in [2.24, 2.45) is 0 Å². The van der Waals surface area contributed by atoms with Crippen molar-refractivity contribution in [2.45, 2.75) is 19.4 Å². The van der Waals surface area contributed by atoms with Gasteiger partial charge in [-0.15, -0.1) is 0 Å². The van der Waals surface area contributed by atoms with Gasteiger partial charge >= 0.3 is 0 Å². The zero-order chi connectivity index (χ0) is 20.4. The SMILES string of the molecule is CC(C)(Oc1ccc(Cl)cc1)C(=O)Nc1nc2ccc(N3CCOCC3)cc2s1. The van der Waals surface area contributed by atoms with Crippen LogP contribution in [0.3, 0.4) is 0 Å². The van der Waals surface area contributed by atoms with Gasteiger partial charge in [-0.2, -0.15) is 0 Å². The predicted octanol–water partition coefficient (Wildman–Crippen LogP) is 4.58. The van der Waals surface area contributed by atoms with Gasteiger partial charge in [-0.3, -0.25) is 10.1 Å². The summed E-state index contributed by atoms with van der Waals surface area (Å²) in [5, 5.41) is 4.05. The Kier molecular flexibility index (Phi) is 5.63. The predicted molar refractivity (Wildman–Crippen MR) is 117 cm³/mol. The van der Waals surface area contributed by atoms with Crippen LogP contribution in [0.2, 0.25) is 5.02 Å². The molecule has 0 saturated carbocycles. The number of nitrogens with zero attached hydrogens (tertiary/aromatic N) is 2. The van der Waals surface area contributed by atoms with E-state index in [-0.39, 0.29) is 5.91 Å². The number of morpholine rings is 1. The normalized spacial score (nSPS) is 14.8. The van der Waals surface area contributed by atoms with E-state index in [1.807, 2.05) is 6.07 Å². The Balaban J connectivity index is 1.47. The highest BCUT2D eigenvalue weighted by molar-refractivity contribution is 7.22. The topological polar surface area (TPSA) is 63.7 Å². The zero-order valence-electron chi connectivity index (χ0n) is 16.3. The summed E-state index contributed by atoms with van der Waals surface area (Å²) in [5.74, 6) is 0.314. The van der Waals surface area contributed by atoms with Crippen LogP contribution in [0.5, 0.6) is 5.75 Å². The number of anilines is 2. The third-order valence-corrected chi connectivity index (χ3v) is 5.89. The van der Waals surface area contributed by atoms with Crippen LogP contribution in [-0.2, 0) is 9.53 Å². The van der Waals surface area contributed by atoms with Gasteiger partial charge in [0.2, 0.25) is 0 Å². The highest BCUT2D eigenvalue weighted by atomic mass is 35.5. The van der Waals surface area contributed by atoms with Gasteiger partial charge in [-0.25, -0.2) is 4.98 Å². The molecule has 0 spiro atoms. The molecule has 3 aromatic rings. The number of hydrogen-bond donors (Lipinski definition) is 1. The fourth-order valence-electron chi connectivity index (χ4n) is 3.08.